The number of rotatable bonds is 3. The van der Waals surface area contributed by atoms with E-state index in [2.05, 4.69) is 0 Å². The van der Waals surface area contributed by atoms with Crippen LogP contribution in [0.15, 0.2) is 58.9 Å². The minimum atomic E-state index is -0.557. The summed E-state index contributed by atoms with van der Waals surface area (Å²) in [4.78, 5) is 25.2. The second-order valence-corrected chi connectivity index (χ2v) is 6.53. The van der Waals surface area contributed by atoms with Crippen LogP contribution >= 0.6 is 0 Å². The number of hydrogen-bond acceptors (Lipinski definition) is 7. The van der Waals surface area contributed by atoms with E-state index in [0.717, 1.165) is 0 Å². The lowest BCUT2D eigenvalue weighted by molar-refractivity contribution is 0.0734. The summed E-state index contributed by atoms with van der Waals surface area (Å²) >= 11 is 0. The van der Waals surface area contributed by atoms with Crippen molar-refractivity contribution < 1.29 is 33.0 Å². The van der Waals surface area contributed by atoms with Crippen molar-refractivity contribution in [3.05, 3.63) is 76.9 Å². The number of carbonyl (C=O) groups is 2. The average Bonchev–Trinajstić information content (AvgIpc) is 3.43. The van der Waals surface area contributed by atoms with Gasteiger partial charge in [0.25, 0.3) is 0 Å². The van der Waals surface area contributed by atoms with Gasteiger partial charge in [-0.1, -0.05) is 0 Å². The Labute approximate surface area is 165 Å². The Morgan fingerprint density at radius 1 is 1.07 bits per heavy atom. The van der Waals surface area contributed by atoms with Gasteiger partial charge in [-0.05, 0) is 48.9 Å². The predicted molar refractivity (Wildman–Crippen MR) is 100 cm³/mol. The SMILES string of the molecule is Cc1cc(OC(=O)c2ccc3c(c2)OCO3)cc2c1C(=O)/C(=C/c1ccco1)O2. The molecule has 2 aliphatic heterocycles. The molecule has 0 unspecified atom stereocenters. The molecule has 0 atom stereocenters. The predicted octanol–water partition coefficient (Wildman–Crippen LogP) is 4.15. The van der Waals surface area contributed by atoms with Crippen LogP contribution in [0.25, 0.3) is 6.08 Å². The highest BCUT2D eigenvalue weighted by Crippen LogP contribution is 2.38. The highest BCUT2D eigenvalue weighted by Gasteiger charge is 2.30. The van der Waals surface area contributed by atoms with Gasteiger partial charge < -0.3 is 23.4 Å². The second kappa shape index (κ2) is 6.56. The van der Waals surface area contributed by atoms with Crippen molar-refractivity contribution in [3.8, 4) is 23.0 Å². The van der Waals surface area contributed by atoms with Gasteiger partial charge in [-0.15, -0.1) is 0 Å². The molecular weight excluding hydrogens is 376 g/mol. The zero-order valence-corrected chi connectivity index (χ0v) is 15.3. The number of ether oxygens (including phenoxy) is 4. The van der Waals surface area contributed by atoms with E-state index in [1.807, 2.05) is 0 Å². The topological polar surface area (TPSA) is 84.2 Å². The van der Waals surface area contributed by atoms with E-state index in [1.165, 1.54) is 18.4 Å². The molecule has 7 heteroatoms. The fourth-order valence-corrected chi connectivity index (χ4v) is 3.23. The summed E-state index contributed by atoms with van der Waals surface area (Å²) in [6.07, 6.45) is 3.04. The Hall–Kier alpha value is -4.00. The van der Waals surface area contributed by atoms with Gasteiger partial charge in [-0.25, -0.2) is 4.79 Å². The number of furan rings is 1. The first kappa shape index (κ1) is 17.1. The molecule has 2 aromatic carbocycles. The summed E-state index contributed by atoms with van der Waals surface area (Å²) in [6.45, 7) is 1.88. The van der Waals surface area contributed by atoms with Crippen LogP contribution in [0.1, 0.15) is 32.0 Å². The molecule has 0 N–H and O–H groups in total. The van der Waals surface area contributed by atoms with Crippen LogP contribution in [0.4, 0.5) is 0 Å². The van der Waals surface area contributed by atoms with Crippen LogP contribution in [-0.2, 0) is 0 Å². The molecule has 0 fully saturated rings. The van der Waals surface area contributed by atoms with Crippen molar-refractivity contribution in [1.29, 1.82) is 0 Å². The molecular formula is C22H14O7. The Balaban J connectivity index is 1.40. The first-order valence-corrected chi connectivity index (χ1v) is 8.83. The molecule has 2 aliphatic rings. The van der Waals surface area contributed by atoms with Crippen molar-refractivity contribution in [1.82, 2.24) is 0 Å². The van der Waals surface area contributed by atoms with Gasteiger partial charge in [0.2, 0.25) is 12.6 Å². The molecule has 0 bridgehead atoms. The lowest BCUT2D eigenvalue weighted by Crippen LogP contribution is -2.08. The van der Waals surface area contributed by atoms with Gasteiger partial charge >= 0.3 is 5.97 Å². The van der Waals surface area contributed by atoms with Gasteiger partial charge in [0.15, 0.2) is 17.3 Å². The number of benzene rings is 2. The fourth-order valence-electron chi connectivity index (χ4n) is 3.23. The summed E-state index contributed by atoms with van der Waals surface area (Å²) in [6, 6.07) is 11.4. The zero-order chi connectivity index (χ0) is 20.0. The summed E-state index contributed by atoms with van der Waals surface area (Å²) < 4.78 is 26.9. The summed E-state index contributed by atoms with van der Waals surface area (Å²) in [5.74, 6) is 1.53. The third kappa shape index (κ3) is 3.02. The Morgan fingerprint density at radius 3 is 2.76 bits per heavy atom. The standard InChI is InChI=1S/C22H14O7/c1-12-7-15(28-22(24)13-4-5-16-17(8-13)27-11-26-16)10-18-20(12)21(23)19(29-18)9-14-3-2-6-25-14/h2-10H,11H2,1H3/b19-9-. The molecule has 3 aromatic rings. The van der Waals surface area contributed by atoms with E-state index in [0.29, 0.717) is 39.7 Å². The number of fused-ring (bicyclic) bond motifs is 2. The molecule has 0 saturated carbocycles. The highest BCUT2D eigenvalue weighted by atomic mass is 16.7. The van der Waals surface area contributed by atoms with Crippen molar-refractivity contribution in [2.75, 3.05) is 6.79 Å². The maximum Gasteiger partial charge on any atom is 0.343 e. The van der Waals surface area contributed by atoms with Crippen LogP contribution < -0.4 is 18.9 Å². The summed E-state index contributed by atoms with van der Waals surface area (Å²) in [5.41, 5.74) is 1.40. The average molecular weight is 390 g/mol. The van der Waals surface area contributed by atoms with E-state index in [9.17, 15) is 9.59 Å². The number of ketones is 1. The Bertz CT molecular complexity index is 1170. The minimum absolute atomic E-state index is 0.122. The third-order valence-electron chi connectivity index (χ3n) is 4.58. The van der Waals surface area contributed by atoms with Gasteiger partial charge in [0, 0.05) is 12.1 Å². The molecule has 144 valence electrons. The lowest BCUT2D eigenvalue weighted by Gasteiger charge is -2.08. The second-order valence-electron chi connectivity index (χ2n) is 6.53. The molecule has 0 amide bonds. The van der Waals surface area contributed by atoms with Gasteiger partial charge in [-0.2, -0.15) is 0 Å². The van der Waals surface area contributed by atoms with Crippen LogP contribution in [0, 0.1) is 6.92 Å². The number of hydrogen-bond donors (Lipinski definition) is 0. The first-order chi connectivity index (χ1) is 14.1. The van der Waals surface area contributed by atoms with Gasteiger partial charge in [-0.3, -0.25) is 4.79 Å². The number of aryl methyl sites for hydroxylation is 1. The molecule has 0 saturated heterocycles. The molecule has 1 aromatic heterocycles. The molecule has 0 radical (unpaired) electrons. The van der Waals surface area contributed by atoms with E-state index in [1.54, 1.807) is 43.3 Å². The number of esters is 1. The molecule has 7 nitrogen and oxygen atoms in total. The van der Waals surface area contributed by atoms with Crippen molar-refractivity contribution in [3.63, 3.8) is 0 Å². The van der Waals surface area contributed by atoms with Crippen LogP contribution in [0.3, 0.4) is 0 Å². The lowest BCUT2D eigenvalue weighted by atomic mass is 10.0. The van der Waals surface area contributed by atoms with Crippen LogP contribution in [-0.4, -0.2) is 18.5 Å². The van der Waals surface area contributed by atoms with Crippen molar-refractivity contribution in [2.24, 2.45) is 0 Å². The van der Waals surface area contributed by atoms with Gasteiger partial charge in [0.1, 0.15) is 17.3 Å². The van der Waals surface area contributed by atoms with E-state index < -0.39 is 5.97 Å². The smallest absolute Gasteiger partial charge is 0.343 e. The molecule has 0 spiro atoms. The quantitative estimate of drug-likeness (QED) is 0.377. The molecule has 3 heterocycles. The minimum Gasteiger partial charge on any atom is -0.465 e. The Kier molecular flexibility index (Phi) is 3.87. The molecule has 5 rings (SSSR count). The highest BCUT2D eigenvalue weighted by molar-refractivity contribution is 6.15. The Morgan fingerprint density at radius 2 is 1.93 bits per heavy atom. The van der Waals surface area contributed by atoms with E-state index in [-0.39, 0.29) is 24.1 Å². The van der Waals surface area contributed by atoms with Crippen LogP contribution in [0.2, 0.25) is 0 Å². The van der Waals surface area contributed by atoms with Crippen molar-refractivity contribution in [2.45, 2.75) is 6.92 Å². The first-order valence-electron chi connectivity index (χ1n) is 8.83. The van der Waals surface area contributed by atoms with E-state index in [4.69, 9.17) is 23.4 Å². The summed E-state index contributed by atoms with van der Waals surface area (Å²) in [5, 5.41) is 0. The van der Waals surface area contributed by atoms with Gasteiger partial charge in [0.05, 0.1) is 17.4 Å². The third-order valence-corrected chi connectivity index (χ3v) is 4.58. The number of allylic oxidation sites excluding steroid dienone is 1. The van der Waals surface area contributed by atoms with Crippen LogP contribution in [0.5, 0.6) is 23.0 Å². The number of carbonyl (C=O) groups excluding carboxylic acids is 2. The van der Waals surface area contributed by atoms with Crippen molar-refractivity contribution >= 4 is 17.8 Å². The maximum absolute atomic E-state index is 12.6. The normalized spacial score (nSPS) is 15.3. The zero-order valence-electron chi connectivity index (χ0n) is 15.3. The molecule has 29 heavy (non-hydrogen) atoms. The maximum atomic E-state index is 12.6. The molecule has 0 aliphatic carbocycles. The van der Waals surface area contributed by atoms with E-state index >= 15 is 0 Å². The number of Topliss-reactive ketones (excluding diaryl/α,β-unsaturated/α-hetero) is 1. The monoisotopic (exact) mass is 390 g/mol. The summed E-state index contributed by atoms with van der Waals surface area (Å²) in [7, 11) is 0. The largest absolute Gasteiger partial charge is 0.465 e. The fraction of sp³-hybridized carbons (Fsp3) is 0.0909.